The number of carbonyl (C=O) groups is 2. The van der Waals surface area contributed by atoms with Gasteiger partial charge in [0.2, 0.25) is 0 Å². The first kappa shape index (κ1) is 15.0. The summed E-state index contributed by atoms with van der Waals surface area (Å²) >= 11 is 5.76. The van der Waals surface area contributed by atoms with Gasteiger partial charge in [-0.3, -0.25) is 4.79 Å². The predicted molar refractivity (Wildman–Crippen MR) is 77.8 cm³/mol. The highest BCUT2D eigenvalue weighted by atomic mass is 35.5. The molecule has 0 unspecified atom stereocenters. The van der Waals surface area contributed by atoms with Crippen molar-refractivity contribution in [2.24, 2.45) is 0 Å². The first-order valence-electron chi connectivity index (χ1n) is 6.25. The highest BCUT2D eigenvalue weighted by Gasteiger charge is 2.13. The van der Waals surface area contributed by atoms with E-state index >= 15 is 0 Å². The molecule has 21 heavy (non-hydrogen) atoms. The monoisotopic (exact) mass is 304 g/mol. The number of halogens is 1. The Balaban J connectivity index is 1.79. The average molecular weight is 305 g/mol. The summed E-state index contributed by atoms with van der Waals surface area (Å²) in [5.41, 5.74) is 1.10. The molecule has 5 nitrogen and oxygen atoms in total. The minimum atomic E-state index is -0.678. The van der Waals surface area contributed by atoms with Gasteiger partial charge in [-0.25, -0.2) is 9.78 Å². The largest absolute Gasteiger partial charge is 0.452 e. The summed E-state index contributed by atoms with van der Waals surface area (Å²) in [6.45, 7) is 0.0156. The SMILES string of the molecule is O=C(COC(=O)c1cccnc1Cl)NCc1ccccc1. The molecule has 0 aliphatic carbocycles. The van der Waals surface area contributed by atoms with Gasteiger partial charge < -0.3 is 10.1 Å². The van der Waals surface area contributed by atoms with Gasteiger partial charge in [-0.15, -0.1) is 0 Å². The van der Waals surface area contributed by atoms with Crippen LogP contribution in [0.1, 0.15) is 15.9 Å². The molecule has 1 aromatic carbocycles. The Kier molecular flexibility index (Phi) is 5.29. The van der Waals surface area contributed by atoms with Crippen molar-refractivity contribution in [3.63, 3.8) is 0 Å². The molecule has 0 radical (unpaired) electrons. The zero-order valence-corrected chi connectivity index (χ0v) is 11.8. The second-order valence-electron chi connectivity index (χ2n) is 4.18. The van der Waals surface area contributed by atoms with Gasteiger partial charge in [0.05, 0.1) is 5.56 Å². The van der Waals surface area contributed by atoms with Gasteiger partial charge in [-0.2, -0.15) is 0 Å². The highest BCUT2D eigenvalue weighted by molar-refractivity contribution is 6.32. The number of nitrogens with zero attached hydrogens (tertiary/aromatic N) is 1. The molecule has 0 spiro atoms. The van der Waals surface area contributed by atoms with Crippen molar-refractivity contribution >= 4 is 23.5 Å². The zero-order valence-electron chi connectivity index (χ0n) is 11.1. The topological polar surface area (TPSA) is 68.3 Å². The van der Waals surface area contributed by atoms with Crippen LogP contribution in [0.15, 0.2) is 48.7 Å². The number of nitrogens with one attached hydrogen (secondary N) is 1. The number of esters is 1. The van der Waals surface area contributed by atoms with Crippen molar-refractivity contribution in [1.82, 2.24) is 10.3 Å². The van der Waals surface area contributed by atoms with Crippen molar-refractivity contribution in [2.45, 2.75) is 6.54 Å². The number of hydrogen-bond donors (Lipinski definition) is 1. The van der Waals surface area contributed by atoms with E-state index in [1.807, 2.05) is 30.3 Å². The van der Waals surface area contributed by atoms with Crippen LogP contribution in [0, 0.1) is 0 Å². The van der Waals surface area contributed by atoms with Gasteiger partial charge in [0.25, 0.3) is 5.91 Å². The molecule has 0 aliphatic rings. The molecule has 2 rings (SSSR count). The molecule has 6 heteroatoms. The van der Waals surface area contributed by atoms with Crippen LogP contribution in [-0.2, 0) is 16.1 Å². The molecular formula is C15H13ClN2O3. The van der Waals surface area contributed by atoms with E-state index in [1.165, 1.54) is 12.3 Å². The molecule has 1 N–H and O–H groups in total. The minimum Gasteiger partial charge on any atom is -0.452 e. The summed E-state index contributed by atoms with van der Waals surface area (Å²) in [5, 5.41) is 2.70. The lowest BCUT2D eigenvalue weighted by Gasteiger charge is -2.07. The number of benzene rings is 1. The molecule has 2 aromatic rings. The third-order valence-electron chi connectivity index (χ3n) is 2.65. The molecule has 0 aliphatic heterocycles. The number of hydrogen-bond acceptors (Lipinski definition) is 4. The van der Waals surface area contributed by atoms with Crippen LogP contribution in [0.5, 0.6) is 0 Å². The Labute approximate surface area is 126 Å². The Morgan fingerprint density at radius 1 is 1.14 bits per heavy atom. The Morgan fingerprint density at radius 3 is 2.62 bits per heavy atom. The molecule has 0 bridgehead atoms. The fourth-order valence-electron chi connectivity index (χ4n) is 1.59. The van der Waals surface area contributed by atoms with E-state index in [2.05, 4.69) is 10.3 Å². The lowest BCUT2D eigenvalue weighted by Crippen LogP contribution is -2.28. The number of pyridine rings is 1. The maximum absolute atomic E-state index is 11.7. The van der Waals surface area contributed by atoms with Crippen LogP contribution in [-0.4, -0.2) is 23.5 Å². The first-order chi connectivity index (χ1) is 10.2. The standard InChI is InChI=1S/C15H13ClN2O3/c16-14-12(7-4-8-17-14)15(20)21-10-13(19)18-9-11-5-2-1-3-6-11/h1-8H,9-10H2,(H,18,19). The summed E-state index contributed by atoms with van der Waals surface area (Å²) in [6, 6.07) is 12.5. The number of ether oxygens (including phenoxy) is 1. The molecule has 0 fully saturated rings. The van der Waals surface area contributed by atoms with E-state index in [4.69, 9.17) is 16.3 Å². The van der Waals surface area contributed by atoms with Gasteiger partial charge in [-0.1, -0.05) is 41.9 Å². The van der Waals surface area contributed by atoms with E-state index in [0.29, 0.717) is 6.54 Å². The summed E-state index contributed by atoms with van der Waals surface area (Å²) in [7, 11) is 0. The third kappa shape index (κ3) is 4.57. The van der Waals surface area contributed by atoms with E-state index in [9.17, 15) is 9.59 Å². The van der Waals surface area contributed by atoms with Crippen molar-refractivity contribution in [3.8, 4) is 0 Å². The maximum Gasteiger partial charge on any atom is 0.341 e. The molecule has 0 saturated carbocycles. The maximum atomic E-state index is 11.7. The summed E-state index contributed by atoms with van der Waals surface area (Å²) in [6.07, 6.45) is 1.46. The quantitative estimate of drug-likeness (QED) is 0.679. The smallest absolute Gasteiger partial charge is 0.341 e. The van der Waals surface area contributed by atoms with E-state index in [-0.39, 0.29) is 23.2 Å². The van der Waals surface area contributed by atoms with Crippen LogP contribution >= 0.6 is 11.6 Å². The van der Waals surface area contributed by atoms with Gasteiger partial charge in [0, 0.05) is 12.7 Å². The number of amides is 1. The van der Waals surface area contributed by atoms with Gasteiger partial charge in [-0.05, 0) is 17.7 Å². The van der Waals surface area contributed by atoms with Crippen LogP contribution in [0.4, 0.5) is 0 Å². The molecular weight excluding hydrogens is 292 g/mol. The molecule has 108 valence electrons. The van der Waals surface area contributed by atoms with Gasteiger partial charge in [0.15, 0.2) is 6.61 Å². The zero-order chi connectivity index (χ0) is 15.1. The number of rotatable bonds is 5. The Morgan fingerprint density at radius 2 is 1.90 bits per heavy atom. The van der Waals surface area contributed by atoms with Gasteiger partial charge in [0.1, 0.15) is 5.15 Å². The lowest BCUT2D eigenvalue weighted by molar-refractivity contribution is -0.124. The average Bonchev–Trinajstić information content (AvgIpc) is 2.52. The van der Waals surface area contributed by atoms with Crippen molar-refractivity contribution < 1.29 is 14.3 Å². The summed E-state index contributed by atoms with van der Waals surface area (Å²) in [4.78, 5) is 27.1. The normalized spacial score (nSPS) is 9.95. The molecule has 1 amide bonds. The summed E-state index contributed by atoms with van der Waals surface area (Å²) < 4.78 is 4.88. The van der Waals surface area contributed by atoms with E-state index < -0.39 is 5.97 Å². The molecule has 0 saturated heterocycles. The van der Waals surface area contributed by atoms with Gasteiger partial charge >= 0.3 is 5.97 Å². The van der Waals surface area contributed by atoms with Crippen LogP contribution in [0.3, 0.4) is 0 Å². The van der Waals surface area contributed by atoms with E-state index in [1.54, 1.807) is 6.07 Å². The highest BCUT2D eigenvalue weighted by Crippen LogP contribution is 2.12. The fourth-order valence-corrected chi connectivity index (χ4v) is 1.79. The van der Waals surface area contributed by atoms with Crippen LogP contribution in [0.25, 0.3) is 0 Å². The number of carbonyl (C=O) groups excluding carboxylic acids is 2. The van der Waals surface area contributed by atoms with Crippen molar-refractivity contribution in [1.29, 1.82) is 0 Å². The Bertz CT molecular complexity index is 632. The number of aromatic nitrogens is 1. The van der Waals surface area contributed by atoms with Crippen LogP contribution < -0.4 is 5.32 Å². The van der Waals surface area contributed by atoms with Crippen LogP contribution in [0.2, 0.25) is 5.15 Å². The second-order valence-corrected chi connectivity index (χ2v) is 4.54. The first-order valence-corrected chi connectivity index (χ1v) is 6.63. The molecule has 0 atom stereocenters. The second kappa shape index (κ2) is 7.40. The Hall–Kier alpha value is -2.40. The fraction of sp³-hybridized carbons (Fsp3) is 0.133. The lowest BCUT2D eigenvalue weighted by atomic mass is 10.2. The van der Waals surface area contributed by atoms with Crippen molar-refractivity contribution in [3.05, 3.63) is 64.9 Å². The third-order valence-corrected chi connectivity index (χ3v) is 2.95. The summed E-state index contributed by atoms with van der Waals surface area (Å²) in [5.74, 6) is -1.06. The van der Waals surface area contributed by atoms with Crippen molar-refractivity contribution in [2.75, 3.05) is 6.61 Å². The minimum absolute atomic E-state index is 0.0483. The molecule has 1 heterocycles. The predicted octanol–water partition coefficient (Wildman–Crippen LogP) is 2.21. The molecule has 1 aromatic heterocycles. The van der Waals surface area contributed by atoms with E-state index in [0.717, 1.165) is 5.56 Å².